The predicted molar refractivity (Wildman–Crippen MR) is 142 cm³/mol. The molecule has 178 valence electrons. The fourth-order valence-corrected chi connectivity index (χ4v) is 5.57. The minimum Gasteiger partial charge on any atom is -0.308 e. The molecule has 2 amide bonds. The molecule has 0 aliphatic carbocycles. The minimum atomic E-state index is -3.63. The first kappa shape index (κ1) is 24.5. The molecule has 0 fully saturated rings. The lowest BCUT2D eigenvalue weighted by molar-refractivity contribution is 0.262. The second kappa shape index (κ2) is 10.8. The molecule has 0 saturated carbocycles. The maximum Gasteiger partial charge on any atom is 0.323 e. The van der Waals surface area contributed by atoms with Crippen LogP contribution >= 0.6 is 11.6 Å². The summed E-state index contributed by atoms with van der Waals surface area (Å²) in [6, 6.07) is 28.7. The standard InChI is InChI=1S/C28H25ClN2O3S/c1-20-11-16-25(18-27(20)35(33,34)19-22-12-14-24(29)15-13-22)30-28(32)31-26-10-6-5-9-23(26)17-21-7-3-2-4-8-21/h2-16,18H,17,19H2,1H3,(H2,30,31,32). The van der Waals surface area contributed by atoms with Crippen molar-refractivity contribution in [2.24, 2.45) is 0 Å². The van der Waals surface area contributed by atoms with E-state index in [4.69, 9.17) is 11.6 Å². The highest BCUT2D eigenvalue weighted by Gasteiger charge is 2.19. The van der Waals surface area contributed by atoms with Crippen molar-refractivity contribution in [1.82, 2.24) is 0 Å². The zero-order chi connectivity index (χ0) is 24.8. The Morgan fingerprint density at radius 1 is 0.800 bits per heavy atom. The Balaban J connectivity index is 1.49. The van der Waals surface area contributed by atoms with Crippen LogP contribution in [0.1, 0.15) is 22.3 Å². The molecule has 0 radical (unpaired) electrons. The number of urea groups is 1. The van der Waals surface area contributed by atoms with Gasteiger partial charge in [-0.05, 0) is 65.9 Å². The van der Waals surface area contributed by atoms with E-state index in [9.17, 15) is 13.2 Å². The molecule has 0 heterocycles. The van der Waals surface area contributed by atoms with E-state index in [0.29, 0.717) is 33.9 Å². The molecule has 0 aliphatic heterocycles. The first-order valence-corrected chi connectivity index (χ1v) is 13.1. The van der Waals surface area contributed by atoms with Crippen molar-refractivity contribution < 1.29 is 13.2 Å². The van der Waals surface area contributed by atoms with E-state index < -0.39 is 15.9 Å². The number of aryl methyl sites for hydroxylation is 1. The van der Waals surface area contributed by atoms with Gasteiger partial charge in [-0.1, -0.05) is 78.3 Å². The quantitative estimate of drug-likeness (QED) is 0.289. The third-order valence-corrected chi connectivity index (χ3v) is 7.63. The zero-order valence-electron chi connectivity index (χ0n) is 19.2. The average Bonchev–Trinajstić information content (AvgIpc) is 2.83. The predicted octanol–water partition coefficient (Wildman–Crippen LogP) is 6.86. The van der Waals surface area contributed by atoms with Crippen LogP contribution in [0.3, 0.4) is 0 Å². The molecule has 0 unspecified atom stereocenters. The summed E-state index contributed by atoms with van der Waals surface area (Å²) in [4.78, 5) is 12.9. The van der Waals surface area contributed by atoms with Crippen molar-refractivity contribution in [1.29, 1.82) is 0 Å². The Morgan fingerprint density at radius 3 is 2.23 bits per heavy atom. The van der Waals surface area contributed by atoms with E-state index in [-0.39, 0.29) is 10.6 Å². The Kier molecular flexibility index (Phi) is 7.54. The van der Waals surface area contributed by atoms with E-state index in [2.05, 4.69) is 10.6 Å². The van der Waals surface area contributed by atoms with Gasteiger partial charge in [0.2, 0.25) is 0 Å². The van der Waals surface area contributed by atoms with E-state index in [0.717, 1.165) is 11.1 Å². The summed E-state index contributed by atoms with van der Waals surface area (Å²) in [6.45, 7) is 1.73. The number of rotatable bonds is 7. The molecular formula is C28H25ClN2O3S. The van der Waals surface area contributed by atoms with Crippen LogP contribution in [0, 0.1) is 6.92 Å². The number of carbonyl (C=O) groups is 1. The molecular weight excluding hydrogens is 480 g/mol. The molecule has 5 nitrogen and oxygen atoms in total. The van der Waals surface area contributed by atoms with E-state index in [1.165, 1.54) is 6.07 Å². The number of sulfone groups is 1. The summed E-state index contributed by atoms with van der Waals surface area (Å²) in [5.41, 5.74) is 4.44. The van der Waals surface area contributed by atoms with Crippen molar-refractivity contribution in [2.75, 3.05) is 10.6 Å². The third-order valence-electron chi connectivity index (χ3n) is 5.55. The van der Waals surface area contributed by atoms with Gasteiger partial charge >= 0.3 is 6.03 Å². The molecule has 4 rings (SSSR count). The smallest absolute Gasteiger partial charge is 0.308 e. The molecule has 7 heteroatoms. The highest BCUT2D eigenvalue weighted by Crippen LogP contribution is 2.25. The van der Waals surface area contributed by atoms with Gasteiger partial charge in [-0.3, -0.25) is 0 Å². The van der Waals surface area contributed by atoms with Crippen molar-refractivity contribution in [2.45, 2.75) is 24.0 Å². The lowest BCUT2D eigenvalue weighted by Crippen LogP contribution is -2.20. The monoisotopic (exact) mass is 504 g/mol. The number of halogens is 1. The van der Waals surface area contributed by atoms with E-state index in [1.54, 1.807) is 43.3 Å². The summed E-state index contributed by atoms with van der Waals surface area (Å²) in [6.07, 6.45) is 0.676. The van der Waals surface area contributed by atoms with Crippen molar-refractivity contribution in [3.63, 3.8) is 0 Å². The molecule has 4 aromatic rings. The summed E-state index contributed by atoms with van der Waals surface area (Å²) >= 11 is 5.91. The summed E-state index contributed by atoms with van der Waals surface area (Å²) in [5.74, 6) is -0.159. The number of anilines is 2. The van der Waals surface area contributed by atoms with Crippen LogP contribution in [-0.4, -0.2) is 14.4 Å². The first-order chi connectivity index (χ1) is 16.8. The van der Waals surface area contributed by atoms with Crippen LogP contribution in [0.15, 0.2) is 102 Å². The van der Waals surface area contributed by atoms with Gasteiger partial charge in [-0.25, -0.2) is 13.2 Å². The Morgan fingerprint density at radius 2 is 1.49 bits per heavy atom. The maximum absolute atomic E-state index is 13.1. The highest BCUT2D eigenvalue weighted by molar-refractivity contribution is 7.90. The van der Waals surface area contributed by atoms with Gasteiger partial charge in [0.05, 0.1) is 10.6 Å². The van der Waals surface area contributed by atoms with Crippen LogP contribution < -0.4 is 10.6 Å². The molecule has 0 aromatic heterocycles. The number of para-hydroxylation sites is 1. The van der Waals surface area contributed by atoms with Crippen LogP contribution in [-0.2, 0) is 22.0 Å². The van der Waals surface area contributed by atoms with Crippen LogP contribution in [0.2, 0.25) is 5.02 Å². The third kappa shape index (κ3) is 6.50. The Labute approximate surface area is 210 Å². The van der Waals surface area contributed by atoms with Crippen molar-refractivity contribution >= 4 is 38.8 Å². The van der Waals surface area contributed by atoms with Crippen molar-refractivity contribution in [3.8, 4) is 0 Å². The van der Waals surface area contributed by atoms with Crippen LogP contribution in [0.4, 0.5) is 16.2 Å². The number of carbonyl (C=O) groups excluding carboxylic acids is 1. The molecule has 0 bridgehead atoms. The van der Waals surface area contributed by atoms with E-state index >= 15 is 0 Å². The summed E-state index contributed by atoms with van der Waals surface area (Å²) in [5, 5.41) is 6.19. The lowest BCUT2D eigenvalue weighted by Gasteiger charge is -2.14. The van der Waals surface area contributed by atoms with Gasteiger partial charge in [0.25, 0.3) is 0 Å². The van der Waals surface area contributed by atoms with Crippen LogP contribution in [0.5, 0.6) is 0 Å². The second-order valence-electron chi connectivity index (χ2n) is 8.26. The molecule has 35 heavy (non-hydrogen) atoms. The van der Waals surface area contributed by atoms with Crippen molar-refractivity contribution in [3.05, 3.63) is 124 Å². The Hall–Kier alpha value is -3.61. The van der Waals surface area contributed by atoms with Gasteiger partial charge in [0.15, 0.2) is 9.84 Å². The van der Waals surface area contributed by atoms with E-state index in [1.807, 2.05) is 54.6 Å². The molecule has 0 saturated heterocycles. The van der Waals surface area contributed by atoms with Gasteiger partial charge in [0.1, 0.15) is 0 Å². The largest absolute Gasteiger partial charge is 0.323 e. The minimum absolute atomic E-state index is 0.159. The first-order valence-electron chi connectivity index (χ1n) is 11.1. The highest BCUT2D eigenvalue weighted by atomic mass is 35.5. The second-order valence-corrected chi connectivity index (χ2v) is 10.7. The molecule has 0 aliphatic rings. The number of benzene rings is 4. The fraction of sp³-hybridized carbons (Fsp3) is 0.107. The van der Waals surface area contributed by atoms with Crippen LogP contribution in [0.25, 0.3) is 0 Å². The Bertz CT molecular complexity index is 1440. The number of amides is 2. The number of hydrogen-bond acceptors (Lipinski definition) is 3. The SMILES string of the molecule is Cc1ccc(NC(=O)Nc2ccccc2Cc2ccccc2)cc1S(=O)(=O)Cc1ccc(Cl)cc1. The summed E-state index contributed by atoms with van der Waals surface area (Å²) < 4.78 is 26.2. The van der Waals surface area contributed by atoms with Gasteiger partial charge < -0.3 is 10.6 Å². The average molecular weight is 505 g/mol. The fourth-order valence-electron chi connectivity index (χ4n) is 3.79. The summed E-state index contributed by atoms with van der Waals surface area (Å²) in [7, 11) is -3.63. The normalized spacial score (nSPS) is 11.1. The zero-order valence-corrected chi connectivity index (χ0v) is 20.7. The maximum atomic E-state index is 13.1. The molecule has 0 atom stereocenters. The molecule has 2 N–H and O–H groups in total. The topological polar surface area (TPSA) is 75.3 Å². The van der Waals surface area contributed by atoms with Gasteiger partial charge in [-0.2, -0.15) is 0 Å². The van der Waals surface area contributed by atoms with Gasteiger partial charge in [0, 0.05) is 16.4 Å². The van der Waals surface area contributed by atoms with Gasteiger partial charge in [-0.15, -0.1) is 0 Å². The lowest BCUT2D eigenvalue weighted by atomic mass is 10.0. The molecule has 0 spiro atoms. The molecule has 4 aromatic carbocycles. The number of nitrogens with one attached hydrogen (secondary N) is 2. The number of hydrogen-bond donors (Lipinski definition) is 2.